The molecule has 1 aromatic rings. The van der Waals surface area contributed by atoms with Gasteiger partial charge < -0.3 is 38.8 Å². The van der Waals surface area contributed by atoms with Crippen LogP contribution in [0, 0.1) is 34.5 Å². The highest BCUT2D eigenvalue weighted by Gasteiger charge is 2.90. The minimum absolute atomic E-state index is 0.0353. The molecule has 1 unspecified atom stereocenters. The van der Waals surface area contributed by atoms with Gasteiger partial charge in [0, 0.05) is 63.5 Å². The van der Waals surface area contributed by atoms with Crippen molar-refractivity contribution in [2.24, 2.45) is 34.5 Å². The molecule has 1 heterocycles. The van der Waals surface area contributed by atoms with Gasteiger partial charge in [0.25, 0.3) is 0 Å². The van der Waals surface area contributed by atoms with Crippen LogP contribution in [0.5, 0.6) is 0 Å². The number of benzene rings is 1. The number of piperidine rings is 1. The molecule has 1 spiro atoms. The van der Waals surface area contributed by atoms with Crippen molar-refractivity contribution in [1.82, 2.24) is 4.90 Å². The third kappa shape index (κ3) is 6.68. The van der Waals surface area contributed by atoms with Gasteiger partial charge in [-0.3, -0.25) is 4.79 Å². The molecule has 10 nitrogen and oxygen atoms in total. The largest absolute Gasteiger partial charge is 0.455 e. The van der Waals surface area contributed by atoms with Gasteiger partial charge >= 0.3 is 11.9 Å². The van der Waals surface area contributed by atoms with E-state index in [4.69, 9.17) is 23.7 Å². The second-order valence-corrected chi connectivity index (χ2v) is 18.8. The molecule has 5 saturated carbocycles. The van der Waals surface area contributed by atoms with Crippen LogP contribution in [0.2, 0.25) is 0 Å². The SMILES string of the molecule is CCCCCCCCCCCCCCCC(=O)O[C@]12[C@H]3[C@@H](OC(=O)c4ccccc4)[C@](O)(C[C@H]3[C@@]34CCC[C@@]5(COC)CN(C)C3[C@@H]1[C@H](OC)[C@H]54)[C@@H](OC)[C@@H]2O. The molecular weight excluding hydrogens is 711 g/mol. The molecule has 0 amide bonds. The zero-order valence-corrected chi connectivity index (χ0v) is 34.9. The molecule has 6 aliphatic rings. The molecule has 5 aliphatic carbocycles. The second kappa shape index (κ2) is 17.3. The lowest BCUT2D eigenvalue weighted by Crippen LogP contribution is -2.79. The quantitative estimate of drug-likeness (QED) is 0.0985. The van der Waals surface area contributed by atoms with Crippen molar-refractivity contribution in [3.63, 3.8) is 0 Å². The third-order valence-corrected chi connectivity index (χ3v) is 15.9. The van der Waals surface area contributed by atoms with Crippen molar-refractivity contribution in [2.45, 2.75) is 164 Å². The van der Waals surface area contributed by atoms with Crippen LogP contribution >= 0.6 is 0 Å². The first-order valence-corrected chi connectivity index (χ1v) is 22.2. The first-order chi connectivity index (χ1) is 27.1. The summed E-state index contributed by atoms with van der Waals surface area (Å²) in [5.41, 5.74) is -3.44. The number of ether oxygens (including phenoxy) is 5. The first-order valence-electron chi connectivity index (χ1n) is 22.2. The molecule has 0 aromatic heterocycles. The normalized spacial score (nSPS) is 40.4. The number of carbonyl (C=O) groups is 2. The average Bonchev–Trinajstić information content (AvgIpc) is 3.58. The van der Waals surface area contributed by atoms with Crippen LogP contribution in [-0.2, 0) is 28.5 Å². The van der Waals surface area contributed by atoms with Crippen molar-refractivity contribution in [2.75, 3.05) is 41.5 Å². The molecule has 7 bridgehead atoms. The van der Waals surface area contributed by atoms with Gasteiger partial charge in [0.15, 0.2) is 5.60 Å². The van der Waals surface area contributed by atoms with E-state index in [9.17, 15) is 19.8 Å². The van der Waals surface area contributed by atoms with Gasteiger partial charge in [-0.05, 0) is 56.2 Å². The molecule has 2 N–H and O–H groups in total. The van der Waals surface area contributed by atoms with Gasteiger partial charge in [-0.25, -0.2) is 4.79 Å². The summed E-state index contributed by atoms with van der Waals surface area (Å²) in [5, 5.41) is 25.7. The van der Waals surface area contributed by atoms with E-state index >= 15 is 0 Å². The number of unbranched alkanes of at least 4 members (excludes halogenated alkanes) is 12. The zero-order chi connectivity index (χ0) is 39.7. The molecule has 56 heavy (non-hydrogen) atoms. The lowest BCUT2D eigenvalue weighted by atomic mass is 9.44. The Bertz CT molecular complexity index is 1490. The summed E-state index contributed by atoms with van der Waals surface area (Å²) in [5.74, 6) is -2.24. The summed E-state index contributed by atoms with van der Waals surface area (Å²) in [6.07, 6.45) is 15.1. The van der Waals surface area contributed by atoms with E-state index in [0.29, 0.717) is 18.6 Å². The lowest BCUT2D eigenvalue weighted by molar-refractivity contribution is -0.310. The fourth-order valence-corrected chi connectivity index (χ4v) is 14.3. The molecule has 10 heteroatoms. The number of likely N-dealkylation sites (tertiary alicyclic amines) is 1. The molecule has 0 radical (unpaired) electrons. The van der Waals surface area contributed by atoms with Crippen LogP contribution in [0.15, 0.2) is 30.3 Å². The fraction of sp³-hybridized carbons (Fsp3) is 0.826. The molecule has 1 aromatic carbocycles. The van der Waals surface area contributed by atoms with E-state index in [2.05, 4.69) is 18.9 Å². The van der Waals surface area contributed by atoms with Crippen molar-refractivity contribution >= 4 is 11.9 Å². The zero-order valence-electron chi connectivity index (χ0n) is 34.9. The van der Waals surface area contributed by atoms with E-state index in [-0.39, 0.29) is 53.6 Å². The maximum atomic E-state index is 14.4. The van der Waals surface area contributed by atoms with E-state index < -0.39 is 47.3 Å². The van der Waals surface area contributed by atoms with Crippen LogP contribution in [0.3, 0.4) is 0 Å². The highest BCUT2D eigenvalue weighted by molar-refractivity contribution is 5.89. The molecular formula is C46H71NO9. The van der Waals surface area contributed by atoms with Crippen molar-refractivity contribution in [3.8, 4) is 0 Å². The third-order valence-electron chi connectivity index (χ3n) is 15.9. The Labute approximate surface area is 335 Å². The number of carbonyl (C=O) groups excluding carboxylic acids is 2. The maximum absolute atomic E-state index is 14.4. The number of rotatable bonds is 21. The van der Waals surface area contributed by atoms with Gasteiger partial charge in [-0.1, -0.05) is 109 Å². The summed E-state index contributed by atoms with van der Waals surface area (Å²) in [4.78, 5) is 30.7. The van der Waals surface area contributed by atoms with E-state index in [1.54, 1.807) is 38.5 Å². The summed E-state index contributed by atoms with van der Waals surface area (Å²) in [7, 11) is 7.15. The lowest BCUT2D eigenvalue weighted by Gasteiger charge is -2.67. The highest BCUT2D eigenvalue weighted by atomic mass is 16.6. The van der Waals surface area contributed by atoms with Crippen LogP contribution in [-0.4, -0.2) is 110 Å². The fourth-order valence-electron chi connectivity index (χ4n) is 14.3. The van der Waals surface area contributed by atoms with Gasteiger partial charge in [-0.15, -0.1) is 0 Å². The Balaban J connectivity index is 1.16. The van der Waals surface area contributed by atoms with Crippen molar-refractivity contribution in [1.29, 1.82) is 0 Å². The van der Waals surface area contributed by atoms with E-state index in [1.807, 2.05) is 6.07 Å². The van der Waals surface area contributed by atoms with Crippen LogP contribution in [0.25, 0.3) is 0 Å². The van der Waals surface area contributed by atoms with Crippen molar-refractivity contribution < 1.29 is 43.5 Å². The van der Waals surface area contributed by atoms with Gasteiger partial charge in [0.05, 0.1) is 18.3 Å². The summed E-state index contributed by atoms with van der Waals surface area (Å²) >= 11 is 0. The predicted octanol–water partition coefficient (Wildman–Crippen LogP) is 7.12. The Morgan fingerprint density at radius 1 is 0.839 bits per heavy atom. The first kappa shape index (κ1) is 42.1. The standard InChI is InChI=1S/C46H71NO9/c1-6-7-8-9-10-11-12-13-14-15-16-17-21-25-33(48)56-46-34-32(28-45(51,41(54-5)39(46)49)40(34)55-42(50)31-23-19-18-20-24-31)44-27-22-26-43(30-52-3)29-47(2)38(44)35(46)36(53-4)37(43)44/h18-20,23-24,32,34-41,49,51H,6-17,21-22,25-30H2,1-5H3/t32-,34-,35+,36+,37-,38?,39+,40-,41+,43+,44-,45-,46-/m1/s1. The van der Waals surface area contributed by atoms with Gasteiger partial charge in [0.2, 0.25) is 0 Å². The molecule has 1 saturated heterocycles. The van der Waals surface area contributed by atoms with E-state index in [0.717, 1.165) is 45.1 Å². The van der Waals surface area contributed by atoms with Crippen LogP contribution in [0.4, 0.5) is 0 Å². The molecule has 314 valence electrons. The Hall–Kier alpha value is -2.08. The number of hydrogen-bond donors (Lipinski definition) is 2. The maximum Gasteiger partial charge on any atom is 0.338 e. The topological polar surface area (TPSA) is 124 Å². The monoisotopic (exact) mass is 782 g/mol. The number of aliphatic hydroxyl groups is 2. The Morgan fingerprint density at radius 3 is 2.09 bits per heavy atom. The minimum Gasteiger partial charge on any atom is -0.455 e. The van der Waals surface area contributed by atoms with Crippen LogP contribution < -0.4 is 0 Å². The Morgan fingerprint density at radius 2 is 1.48 bits per heavy atom. The van der Waals surface area contributed by atoms with E-state index in [1.165, 1.54) is 64.9 Å². The molecule has 13 atom stereocenters. The van der Waals surface area contributed by atoms with Crippen molar-refractivity contribution in [3.05, 3.63) is 35.9 Å². The summed E-state index contributed by atoms with van der Waals surface area (Å²) < 4.78 is 32.1. The highest BCUT2D eigenvalue weighted by Crippen LogP contribution is 2.80. The van der Waals surface area contributed by atoms with Gasteiger partial charge in [-0.2, -0.15) is 0 Å². The number of aliphatic hydroxyl groups excluding tert-OH is 1. The Kier molecular flexibility index (Phi) is 13.0. The number of hydrogen-bond acceptors (Lipinski definition) is 10. The number of esters is 2. The summed E-state index contributed by atoms with van der Waals surface area (Å²) in [6, 6.07) is 8.73. The predicted molar refractivity (Wildman–Crippen MR) is 213 cm³/mol. The molecule has 1 aliphatic heterocycles. The molecule has 6 fully saturated rings. The number of fused-ring (bicyclic) bond motifs is 2. The number of nitrogens with zero attached hydrogens (tertiary/aromatic N) is 1. The second-order valence-electron chi connectivity index (χ2n) is 18.8. The van der Waals surface area contributed by atoms with Gasteiger partial charge in [0.1, 0.15) is 23.9 Å². The van der Waals surface area contributed by atoms with Crippen LogP contribution in [0.1, 0.15) is 133 Å². The summed E-state index contributed by atoms with van der Waals surface area (Å²) in [6.45, 7) is 3.62. The number of methoxy groups -OCH3 is 3. The molecule has 7 rings (SSSR count). The smallest absolute Gasteiger partial charge is 0.338 e. The average molecular weight is 782 g/mol. The minimum atomic E-state index is -1.70.